The third-order valence-corrected chi connectivity index (χ3v) is 5.65. The Bertz CT molecular complexity index is 861. The second-order valence-electron chi connectivity index (χ2n) is 9.14. The van der Waals surface area contributed by atoms with Crippen molar-refractivity contribution in [1.82, 2.24) is 10.2 Å². The lowest BCUT2D eigenvalue weighted by molar-refractivity contribution is -0.145. The molecule has 1 aliphatic heterocycles. The van der Waals surface area contributed by atoms with E-state index in [9.17, 15) is 15.0 Å². The number of carbonyl (C=O) groups excluding carboxylic acids is 1. The highest BCUT2D eigenvalue weighted by Crippen LogP contribution is 2.32. The van der Waals surface area contributed by atoms with Crippen molar-refractivity contribution in [2.75, 3.05) is 37.6 Å². The SMILES string of the molecule is CC(C)(C)c1ccccc1N1CCN(C(=O)C(O)NCC(O)OCc2ccccc2)CC1. The predicted octanol–water partition coefficient (Wildman–Crippen LogP) is 2.08. The van der Waals surface area contributed by atoms with Gasteiger partial charge in [-0.3, -0.25) is 10.1 Å². The van der Waals surface area contributed by atoms with Crippen LogP contribution < -0.4 is 10.2 Å². The van der Waals surface area contributed by atoms with Gasteiger partial charge in [0.2, 0.25) is 0 Å². The first-order chi connectivity index (χ1) is 15.3. The molecule has 1 saturated heterocycles. The maximum atomic E-state index is 12.6. The number of ether oxygens (including phenoxy) is 1. The van der Waals surface area contributed by atoms with E-state index in [4.69, 9.17) is 4.74 Å². The van der Waals surface area contributed by atoms with Crippen LogP contribution in [0.15, 0.2) is 54.6 Å². The zero-order valence-electron chi connectivity index (χ0n) is 19.2. The first-order valence-corrected chi connectivity index (χ1v) is 11.1. The highest BCUT2D eigenvalue weighted by Gasteiger charge is 2.28. The lowest BCUT2D eigenvalue weighted by Crippen LogP contribution is -2.55. The van der Waals surface area contributed by atoms with Crippen LogP contribution in [0.3, 0.4) is 0 Å². The fraction of sp³-hybridized carbons (Fsp3) is 0.480. The number of rotatable bonds is 8. The summed E-state index contributed by atoms with van der Waals surface area (Å²) in [5.74, 6) is -0.385. The number of amides is 1. The summed E-state index contributed by atoms with van der Waals surface area (Å²) in [4.78, 5) is 16.6. The van der Waals surface area contributed by atoms with Gasteiger partial charge in [0, 0.05) is 38.4 Å². The van der Waals surface area contributed by atoms with Gasteiger partial charge in [0.1, 0.15) is 0 Å². The average molecular weight is 442 g/mol. The van der Waals surface area contributed by atoms with Crippen molar-refractivity contribution in [1.29, 1.82) is 0 Å². The summed E-state index contributed by atoms with van der Waals surface area (Å²) in [7, 11) is 0. The fourth-order valence-corrected chi connectivity index (χ4v) is 3.85. The third kappa shape index (κ3) is 6.53. The quantitative estimate of drug-likeness (QED) is 0.544. The second-order valence-corrected chi connectivity index (χ2v) is 9.14. The van der Waals surface area contributed by atoms with Gasteiger partial charge in [0.15, 0.2) is 12.5 Å². The van der Waals surface area contributed by atoms with Crippen molar-refractivity contribution in [3.63, 3.8) is 0 Å². The monoisotopic (exact) mass is 441 g/mol. The third-order valence-electron chi connectivity index (χ3n) is 5.65. The topological polar surface area (TPSA) is 85.3 Å². The molecule has 1 aliphatic rings. The first-order valence-electron chi connectivity index (χ1n) is 11.1. The van der Waals surface area contributed by atoms with E-state index in [1.165, 1.54) is 11.3 Å². The smallest absolute Gasteiger partial charge is 0.266 e. The number of benzene rings is 2. The van der Waals surface area contributed by atoms with Crippen molar-refractivity contribution < 1.29 is 19.7 Å². The highest BCUT2D eigenvalue weighted by atomic mass is 16.6. The number of aliphatic hydroxyl groups is 2. The summed E-state index contributed by atoms with van der Waals surface area (Å²) in [5.41, 5.74) is 3.46. The summed E-state index contributed by atoms with van der Waals surface area (Å²) >= 11 is 0. The number of aliphatic hydroxyl groups excluding tert-OH is 2. The summed E-state index contributed by atoms with van der Waals surface area (Å²) < 4.78 is 5.36. The number of carbonyl (C=O) groups is 1. The molecule has 2 atom stereocenters. The van der Waals surface area contributed by atoms with Gasteiger partial charge in [0.05, 0.1) is 6.61 Å². The van der Waals surface area contributed by atoms with Crippen LogP contribution in [0.1, 0.15) is 31.9 Å². The Morgan fingerprint density at radius 1 is 1.00 bits per heavy atom. The van der Waals surface area contributed by atoms with E-state index < -0.39 is 12.5 Å². The molecule has 1 amide bonds. The molecule has 3 rings (SSSR count). The van der Waals surface area contributed by atoms with Crippen LogP contribution in [-0.4, -0.2) is 66.3 Å². The van der Waals surface area contributed by atoms with Crippen LogP contribution in [0.5, 0.6) is 0 Å². The molecule has 7 nitrogen and oxygen atoms in total. The lowest BCUT2D eigenvalue weighted by atomic mass is 9.85. The lowest BCUT2D eigenvalue weighted by Gasteiger charge is -2.39. The Balaban J connectivity index is 1.45. The molecule has 2 aromatic rings. The number of hydrogen-bond acceptors (Lipinski definition) is 6. The molecule has 0 bridgehead atoms. The van der Waals surface area contributed by atoms with Gasteiger partial charge in [0.25, 0.3) is 5.91 Å². The van der Waals surface area contributed by atoms with E-state index in [0.29, 0.717) is 26.2 Å². The average Bonchev–Trinajstić information content (AvgIpc) is 2.81. The maximum Gasteiger partial charge on any atom is 0.266 e. The zero-order chi connectivity index (χ0) is 23.1. The number of para-hydroxylation sites is 1. The van der Waals surface area contributed by atoms with Crippen LogP contribution in [0.4, 0.5) is 5.69 Å². The zero-order valence-corrected chi connectivity index (χ0v) is 19.2. The van der Waals surface area contributed by atoms with Gasteiger partial charge >= 0.3 is 0 Å². The summed E-state index contributed by atoms with van der Waals surface area (Å²) in [6, 6.07) is 17.9. The van der Waals surface area contributed by atoms with Gasteiger partial charge in [-0.05, 0) is 22.6 Å². The largest absolute Gasteiger partial charge is 0.370 e. The van der Waals surface area contributed by atoms with E-state index >= 15 is 0 Å². The molecule has 2 unspecified atom stereocenters. The van der Waals surface area contributed by atoms with Crippen molar-refractivity contribution in [3.8, 4) is 0 Å². The van der Waals surface area contributed by atoms with Gasteiger partial charge in [-0.2, -0.15) is 0 Å². The maximum absolute atomic E-state index is 12.6. The Morgan fingerprint density at radius 2 is 1.62 bits per heavy atom. The molecule has 1 heterocycles. The van der Waals surface area contributed by atoms with Gasteiger partial charge in [-0.25, -0.2) is 0 Å². The van der Waals surface area contributed by atoms with Crippen LogP contribution in [0.25, 0.3) is 0 Å². The minimum Gasteiger partial charge on any atom is -0.370 e. The normalized spacial score (nSPS) is 16.7. The first kappa shape index (κ1) is 24.2. The molecule has 0 saturated carbocycles. The number of nitrogens with zero attached hydrogens (tertiary/aromatic N) is 2. The molecule has 174 valence electrons. The molecule has 0 aromatic heterocycles. The van der Waals surface area contributed by atoms with Crippen LogP contribution in [0.2, 0.25) is 0 Å². The van der Waals surface area contributed by atoms with E-state index in [1.807, 2.05) is 36.4 Å². The summed E-state index contributed by atoms with van der Waals surface area (Å²) in [5, 5.41) is 22.9. The molecule has 2 aromatic carbocycles. The Morgan fingerprint density at radius 3 is 2.28 bits per heavy atom. The van der Waals surface area contributed by atoms with Gasteiger partial charge in [-0.15, -0.1) is 0 Å². The number of hydrogen-bond donors (Lipinski definition) is 3. The summed E-state index contributed by atoms with van der Waals surface area (Å²) in [6.45, 7) is 9.28. The standard InChI is InChI=1S/C25H35N3O4/c1-25(2,3)20-11-7-8-12-21(20)27-13-15-28(16-14-27)24(31)23(30)26-17-22(29)32-18-19-9-5-4-6-10-19/h4-12,22-23,26,29-30H,13-18H2,1-3H3. The van der Waals surface area contributed by atoms with E-state index in [-0.39, 0.29) is 24.5 Å². The van der Waals surface area contributed by atoms with Gasteiger partial charge in [-0.1, -0.05) is 69.3 Å². The van der Waals surface area contributed by atoms with E-state index in [0.717, 1.165) is 5.56 Å². The molecule has 0 spiro atoms. The van der Waals surface area contributed by atoms with Crippen molar-refractivity contribution >= 4 is 11.6 Å². The molecule has 32 heavy (non-hydrogen) atoms. The number of nitrogens with one attached hydrogen (secondary N) is 1. The number of anilines is 1. The van der Waals surface area contributed by atoms with Crippen molar-refractivity contribution in [2.45, 2.75) is 45.3 Å². The van der Waals surface area contributed by atoms with Crippen LogP contribution in [0, 0.1) is 0 Å². The Kier molecular flexibility index (Phi) is 8.26. The molecule has 3 N–H and O–H groups in total. The molecular formula is C25H35N3O4. The minimum atomic E-state index is -1.38. The summed E-state index contributed by atoms with van der Waals surface area (Å²) in [6.07, 6.45) is -2.50. The van der Waals surface area contributed by atoms with Gasteiger partial charge < -0.3 is 24.7 Å². The predicted molar refractivity (Wildman–Crippen MR) is 125 cm³/mol. The molecule has 0 aliphatic carbocycles. The molecule has 0 radical (unpaired) electrons. The highest BCUT2D eigenvalue weighted by molar-refractivity contribution is 5.80. The van der Waals surface area contributed by atoms with Crippen molar-refractivity contribution in [3.05, 3.63) is 65.7 Å². The van der Waals surface area contributed by atoms with E-state index in [1.54, 1.807) is 4.90 Å². The van der Waals surface area contributed by atoms with Crippen LogP contribution >= 0.6 is 0 Å². The molecular weight excluding hydrogens is 406 g/mol. The Hall–Kier alpha value is -2.45. The second kappa shape index (κ2) is 10.9. The fourth-order valence-electron chi connectivity index (χ4n) is 3.85. The molecule has 1 fully saturated rings. The minimum absolute atomic E-state index is 0.0348. The van der Waals surface area contributed by atoms with E-state index in [2.05, 4.69) is 49.2 Å². The Labute approximate surface area is 190 Å². The number of piperazine rings is 1. The molecule has 7 heteroatoms. The van der Waals surface area contributed by atoms with Crippen LogP contribution in [-0.2, 0) is 21.6 Å². The van der Waals surface area contributed by atoms with Crippen molar-refractivity contribution in [2.24, 2.45) is 0 Å².